The Hall–Kier alpha value is -3.14. The van der Waals surface area contributed by atoms with Crippen LogP contribution in [-0.2, 0) is 14.3 Å². The third kappa shape index (κ3) is 5.42. The van der Waals surface area contributed by atoms with Gasteiger partial charge in [0.05, 0.1) is 0 Å². The van der Waals surface area contributed by atoms with Gasteiger partial charge >= 0.3 is 11.9 Å². The first-order valence-electron chi connectivity index (χ1n) is 8.76. The van der Waals surface area contributed by atoms with Crippen molar-refractivity contribution in [2.45, 2.75) is 33.3 Å². The van der Waals surface area contributed by atoms with E-state index in [2.05, 4.69) is 13.2 Å². The van der Waals surface area contributed by atoms with Crippen LogP contribution in [-0.4, -0.2) is 11.9 Å². The highest BCUT2D eigenvalue weighted by atomic mass is 16.5. The van der Waals surface area contributed by atoms with Crippen LogP contribution in [0.5, 0.6) is 5.75 Å². The highest BCUT2D eigenvalue weighted by Crippen LogP contribution is 2.27. The van der Waals surface area contributed by atoms with E-state index in [1.165, 1.54) is 0 Å². The minimum atomic E-state index is -0.443. The van der Waals surface area contributed by atoms with Gasteiger partial charge in [0.1, 0.15) is 11.9 Å². The van der Waals surface area contributed by atoms with E-state index in [4.69, 9.17) is 9.47 Å². The van der Waals surface area contributed by atoms with Crippen molar-refractivity contribution in [3.63, 3.8) is 0 Å². The van der Waals surface area contributed by atoms with Gasteiger partial charge in [-0.05, 0) is 49.1 Å². The molecule has 1 atom stereocenters. The summed E-state index contributed by atoms with van der Waals surface area (Å²) in [5.41, 5.74) is 3.68. The van der Waals surface area contributed by atoms with E-state index in [1.54, 1.807) is 26.0 Å². The van der Waals surface area contributed by atoms with Crippen molar-refractivity contribution in [2.24, 2.45) is 0 Å². The average Bonchev–Trinajstić information content (AvgIpc) is 2.66. The van der Waals surface area contributed by atoms with Gasteiger partial charge in [0.25, 0.3) is 0 Å². The maximum absolute atomic E-state index is 11.8. The van der Waals surface area contributed by atoms with E-state index >= 15 is 0 Å². The van der Waals surface area contributed by atoms with E-state index < -0.39 is 5.97 Å². The predicted octanol–water partition coefficient (Wildman–Crippen LogP) is 5.41. The summed E-state index contributed by atoms with van der Waals surface area (Å²) in [6, 6.07) is 15.1. The van der Waals surface area contributed by atoms with Crippen LogP contribution < -0.4 is 4.74 Å². The van der Waals surface area contributed by atoms with Gasteiger partial charge in [0, 0.05) is 11.1 Å². The van der Waals surface area contributed by atoms with Crippen LogP contribution in [0.25, 0.3) is 11.1 Å². The van der Waals surface area contributed by atoms with Crippen molar-refractivity contribution in [1.82, 2.24) is 0 Å². The minimum Gasteiger partial charge on any atom is -0.454 e. The molecule has 27 heavy (non-hydrogen) atoms. The fourth-order valence-electron chi connectivity index (χ4n) is 2.42. The normalized spacial score (nSPS) is 11.4. The smallest absolute Gasteiger partial charge is 0.338 e. The first kappa shape index (κ1) is 20.2. The fourth-order valence-corrected chi connectivity index (χ4v) is 2.42. The topological polar surface area (TPSA) is 52.6 Å². The quantitative estimate of drug-likeness (QED) is 0.375. The Morgan fingerprint density at radius 3 is 1.78 bits per heavy atom. The van der Waals surface area contributed by atoms with E-state index in [9.17, 15) is 9.59 Å². The molecule has 0 bridgehead atoms. The van der Waals surface area contributed by atoms with Crippen LogP contribution in [0.15, 0.2) is 72.8 Å². The summed E-state index contributed by atoms with van der Waals surface area (Å²) in [6.45, 7) is 12.4. The van der Waals surface area contributed by atoms with Gasteiger partial charge in [-0.15, -0.1) is 0 Å². The van der Waals surface area contributed by atoms with Gasteiger partial charge in [0.15, 0.2) is 0 Å². The molecule has 0 aliphatic rings. The summed E-state index contributed by atoms with van der Waals surface area (Å²) in [6.07, 6.45) is 0.383. The summed E-state index contributed by atoms with van der Waals surface area (Å²) in [5.74, 6) is -0.353. The van der Waals surface area contributed by atoms with Gasteiger partial charge < -0.3 is 9.47 Å². The van der Waals surface area contributed by atoms with Gasteiger partial charge in [-0.1, -0.05) is 56.5 Å². The lowest BCUT2D eigenvalue weighted by molar-refractivity contribution is -0.144. The molecule has 4 nitrogen and oxygen atoms in total. The van der Waals surface area contributed by atoms with Crippen molar-refractivity contribution < 1.29 is 19.1 Å². The van der Waals surface area contributed by atoms with Gasteiger partial charge in [-0.25, -0.2) is 9.59 Å². The molecule has 140 valence electrons. The molecule has 0 saturated carbocycles. The predicted molar refractivity (Wildman–Crippen MR) is 106 cm³/mol. The standard InChI is InChI=1S/C23H24O4/c1-6-21(27-23(25)16(4)5)19-9-7-17(8-10-19)18-11-13-20(14-12-18)26-22(24)15(2)3/h7-14,21H,2,4,6H2,1,3,5H3. The number of ether oxygens (including phenoxy) is 2. The van der Waals surface area contributed by atoms with Crippen LogP contribution >= 0.6 is 0 Å². The van der Waals surface area contributed by atoms with Crippen LogP contribution in [0.1, 0.15) is 38.9 Å². The van der Waals surface area contributed by atoms with Gasteiger partial charge in [0.2, 0.25) is 0 Å². The Morgan fingerprint density at radius 2 is 1.33 bits per heavy atom. The second kappa shape index (κ2) is 8.99. The number of rotatable bonds is 7. The number of carbonyl (C=O) groups excluding carboxylic acids is 2. The Labute approximate surface area is 160 Å². The minimum absolute atomic E-state index is 0.299. The fraction of sp³-hybridized carbons (Fsp3) is 0.217. The molecule has 0 fully saturated rings. The molecular formula is C23H24O4. The van der Waals surface area contributed by atoms with E-state index in [-0.39, 0.29) is 12.1 Å². The molecule has 4 heteroatoms. The van der Waals surface area contributed by atoms with Crippen LogP contribution in [0.3, 0.4) is 0 Å². The van der Waals surface area contributed by atoms with Crippen molar-refractivity contribution in [3.05, 3.63) is 78.4 Å². The second-order valence-corrected chi connectivity index (χ2v) is 6.40. The zero-order chi connectivity index (χ0) is 20.0. The Morgan fingerprint density at radius 1 is 0.852 bits per heavy atom. The summed E-state index contributed by atoms with van der Waals surface area (Å²) >= 11 is 0. The summed E-state index contributed by atoms with van der Waals surface area (Å²) in [4.78, 5) is 23.3. The zero-order valence-corrected chi connectivity index (χ0v) is 16.0. The molecule has 0 heterocycles. The molecule has 0 aromatic heterocycles. The lowest BCUT2D eigenvalue weighted by atomic mass is 10.0. The molecule has 0 saturated heterocycles. The van der Waals surface area contributed by atoms with E-state index in [0.29, 0.717) is 23.3 Å². The van der Waals surface area contributed by atoms with Crippen LogP contribution in [0, 0.1) is 0 Å². The molecule has 2 rings (SSSR count). The Bertz CT molecular complexity index is 845. The van der Waals surface area contributed by atoms with Crippen LogP contribution in [0.4, 0.5) is 0 Å². The van der Waals surface area contributed by atoms with Gasteiger partial charge in [-0.2, -0.15) is 0 Å². The molecule has 0 aliphatic heterocycles. The maximum Gasteiger partial charge on any atom is 0.338 e. The monoisotopic (exact) mass is 364 g/mol. The van der Waals surface area contributed by atoms with Crippen molar-refractivity contribution in [2.75, 3.05) is 0 Å². The molecule has 1 unspecified atom stereocenters. The van der Waals surface area contributed by atoms with E-state index in [0.717, 1.165) is 16.7 Å². The van der Waals surface area contributed by atoms with Crippen LogP contribution in [0.2, 0.25) is 0 Å². The molecule has 0 amide bonds. The number of benzene rings is 2. The number of esters is 2. The number of carbonyl (C=O) groups is 2. The second-order valence-electron chi connectivity index (χ2n) is 6.40. The molecule has 0 aliphatic carbocycles. The molecule has 2 aromatic rings. The third-order valence-electron chi connectivity index (χ3n) is 4.00. The van der Waals surface area contributed by atoms with Crippen molar-refractivity contribution >= 4 is 11.9 Å². The first-order chi connectivity index (χ1) is 12.8. The first-order valence-corrected chi connectivity index (χ1v) is 8.76. The summed E-state index contributed by atoms with van der Waals surface area (Å²) in [7, 11) is 0. The zero-order valence-electron chi connectivity index (χ0n) is 16.0. The Kier molecular flexibility index (Phi) is 6.72. The molecule has 0 spiro atoms. The Balaban J connectivity index is 2.12. The molecule has 2 aromatic carbocycles. The van der Waals surface area contributed by atoms with Crippen molar-refractivity contribution in [3.8, 4) is 16.9 Å². The number of hydrogen-bond acceptors (Lipinski definition) is 4. The van der Waals surface area contributed by atoms with E-state index in [1.807, 2.05) is 43.3 Å². The lowest BCUT2D eigenvalue weighted by Gasteiger charge is -2.17. The summed E-state index contributed by atoms with van der Waals surface area (Å²) in [5, 5.41) is 0. The maximum atomic E-state index is 11.8. The highest BCUT2D eigenvalue weighted by Gasteiger charge is 2.15. The molecule has 0 N–H and O–H groups in total. The van der Waals surface area contributed by atoms with Crippen molar-refractivity contribution in [1.29, 1.82) is 0 Å². The summed E-state index contributed by atoms with van der Waals surface area (Å²) < 4.78 is 10.7. The largest absolute Gasteiger partial charge is 0.454 e. The molecular weight excluding hydrogens is 340 g/mol. The van der Waals surface area contributed by atoms with Gasteiger partial charge in [-0.3, -0.25) is 0 Å². The lowest BCUT2D eigenvalue weighted by Crippen LogP contribution is -2.11. The molecule has 0 radical (unpaired) electrons. The average molecular weight is 364 g/mol. The highest BCUT2D eigenvalue weighted by molar-refractivity contribution is 5.89. The number of hydrogen-bond donors (Lipinski definition) is 0. The SMILES string of the molecule is C=C(C)C(=O)Oc1ccc(-c2ccc(C(CC)OC(=O)C(=C)C)cc2)cc1. The third-order valence-corrected chi connectivity index (χ3v) is 4.00.